The fraction of sp³-hybridized carbons (Fsp3) is 0.500. The summed E-state index contributed by atoms with van der Waals surface area (Å²) in [4.78, 5) is 4.79. The van der Waals surface area contributed by atoms with Crippen LogP contribution >= 0.6 is 0 Å². The van der Waals surface area contributed by atoms with E-state index in [-0.39, 0.29) is 0 Å². The molecule has 0 bridgehead atoms. The summed E-state index contributed by atoms with van der Waals surface area (Å²) in [7, 11) is 0. The Bertz CT molecular complexity index is 348. The standard InChI is InChI=1S/C14H19N/c1-11-7-9-13(10-8-11)14-6-4-3-5-12(2)15-14/h7-10,14H,3-6H2,1-2H3. The summed E-state index contributed by atoms with van der Waals surface area (Å²) < 4.78 is 0. The SMILES string of the molecule is CC1=NC(c2ccc(C)cc2)CCCC1. The second-order valence-corrected chi connectivity index (χ2v) is 4.54. The summed E-state index contributed by atoms with van der Waals surface area (Å²) in [5, 5.41) is 0. The lowest BCUT2D eigenvalue weighted by Gasteiger charge is -2.11. The van der Waals surface area contributed by atoms with Crippen LogP contribution in [0.2, 0.25) is 0 Å². The lowest BCUT2D eigenvalue weighted by molar-refractivity contribution is 0.618. The second-order valence-electron chi connectivity index (χ2n) is 4.54. The van der Waals surface area contributed by atoms with Gasteiger partial charge in [-0.25, -0.2) is 0 Å². The highest BCUT2D eigenvalue weighted by atomic mass is 14.8. The first-order chi connectivity index (χ1) is 7.25. The number of rotatable bonds is 1. The van der Waals surface area contributed by atoms with E-state index in [1.807, 2.05) is 0 Å². The van der Waals surface area contributed by atoms with Crippen molar-refractivity contribution in [3.63, 3.8) is 0 Å². The highest BCUT2D eigenvalue weighted by molar-refractivity contribution is 5.82. The molecule has 1 aliphatic rings. The molecule has 1 heterocycles. The summed E-state index contributed by atoms with van der Waals surface area (Å²) in [6.07, 6.45) is 5.00. The van der Waals surface area contributed by atoms with Crippen molar-refractivity contribution in [2.45, 2.75) is 45.6 Å². The average molecular weight is 201 g/mol. The minimum absolute atomic E-state index is 0.410. The molecule has 1 aromatic rings. The first-order valence-corrected chi connectivity index (χ1v) is 5.85. The number of aliphatic imine (C=N–C) groups is 1. The molecule has 0 fully saturated rings. The van der Waals surface area contributed by atoms with Crippen molar-refractivity contribution in [1.29, 1.82) is 0 Å². The van der Waals surface area contributed by atoms with E-state index in [4.69, 9.17) is 4.99 Å². The van der Waals surface area contributed by atoms with Gasteiger partial charge in [-0.2, -0.15) is 0 Å². The van der Waals surface area contributed by atoms with Gasteiger partial charge < -0.3 is 0 Å². The Balaban J connectivity index is 2.21. The number of nitrogens with zero attached hydrogens (tertiary/aromatic N) is 1. The summed E-state index contributed by atoms with van der Waals surface area (Å²) in [6, 6.07) is 9.23. The lowest BCUT2D eigenvalue weighted by Crippen LogP contribution is -1.96. The molecule has 15 heavy (non-hydrogen) atoms. The van der Waals surface area contributed by atoms with Gasteiger partial charge in [-0.15, -0.1) is 0 Å². The molecule has 1 aliphatic heterocycles. The molecule has 0 amide bonds. The van der Waals surface area contributed by atoms with Crippen molar-refractivity contribution < 1.29 is 0 Å². The largest absolute Gasteiger partial charge is 0.286 e. The molecule has 0 saturated carbocycles. The van der Waals surface area contributed by atoms with E-state index in [1.54, 1.807) is 0 Å². The van der Waals surface area contributed by atoms with Gasteiger partial charge in [0.15, 0.2) is 0 Å². The van der Waals surface area contributed by atoms with Crippen LogP contribution in [0.1, 0.15) is 49.8 Å². The summed E-state index contributed by atoms with van der Waals surface area (Å²) in [6.45, 7) is 4.29. The smallest absolute Gasteiger partial charge is 0.0748 e. The number of hydrogen-bond acceptors (Lipinski definition) is 1. The molecule has 1 heteroatoms. The third kappa shape index (κ3) is 2.68. The summed E-state index contributed by atoms with van der Waals surface area (Å²) >= 11 is 0. The van der Waals surface area contributed by atoms with Gasteiger partial charge in [0.25, 0.3) is 0 Å². The first kappa shape index (κ1) is 10.4. The van der Waals surface area contributed by atoms with Crippen molar-refractivity contribution in [3.8, 4) is 0 Å². The van der Waals surface area contributed by atoms with Crippen LogP contribution in [0.3, 0.4) is 0 Å². The van der Waals surface area contributed by atoms with E-state index >= 15 is 0 Å². The molecular weight excluding hydrogens is 182 g/mol. The molecule has 0 N–H and O–H groups in total. The number of hydrogen-bond donors (Lipinski definition) is 0. The van der Waals surface area contributed by atoms with Crippen LogP contribution in [0.5, 0.6) is 0 Å². The maximum atomic E-state index is 4.79. The third-order valence-corrected chi connectivity index (χ3v) is 3.10. The van der Waals surface area contributed by atoms with Crippen LogP contribution in [0.25, 0.3) is 0 Å². The zero-order valence-corrected chi connectivity index (χ0v) is 9.66. The molecule has 1 nitrogen and oxygen atoms in total. The molecule has 1 atom stereocenters. The van der Waals surface area contributed by atoms with Gasteiger partial charge >= 0.3 is 0 Å². The van der Waals surface area contributed by atoms with Gasteiger partial charge in [0.05, 0.1) is 6.04 Å². The van der Waals surface area contributed by atoms with Crippen molar-refractivity contribution in [2.24, 2.45) is 4.99 Å². The highest BCUT2D eigenvalue weighted by Crippen LogP contribution is 2.27. The van der Waals surface area contributed by atoms with Crippen molar-refractivity contribution in [3.05, 3.63) is 35.4 Å². The Labute approximate surface area is 92.2 Å². The number of aryl methyl sites for hydroxylation is 1. The van der Waals surface area contributed by atoms with Gasteiger partial charge in [0.2, 0.25) is 0 Å². The molecule has 0 radical (unpaired) electrons. The third-order valence-electron chi connectivity index (χ3n) is 3.10. The van der Waals surface area contributed by atoms with E-state index in [0.29, 0.717) is 6.04 Å². The van der Waals surface area contributed by atoms with Gasteiger partial charge in [0.1, 0.15) is 0 Å². The minimum Gasteiger partial charge on any atom is -0.286 e. The Morgan fingerprint density at radius 3 is 2.53 bits per heavy atom. The molecule has 2 rings (SSSR count). The molecule has 1 aromatic carbocycles. The molecular formula is C14H19N. The fourth-order valence-electron chi connectivity index (χ4n) is 2.14. The monoisotopic (exact) mass is 201 g/mol. The quantitative estimate of drug-likeness (QED) is 0.649. The van der Waals surface area contributed by atoms with E-state index in [9.17, 15) is 0 Å². The van der Waals surface area contributed by atoms with Crippen LogP contribution in [-0.4, -0.2) is 5.71 Å². The lowest BCUT2D eigenvalue weighted by atomic mass is 10.0. The van der Waals surface area contributed by atoms with E-state index < -0.39 is 0 Å². The molecule has 80 valence electrons. The minimum atomic E-state index is 0.410. The van der Waals surface area contributed by atoms with Crippen molar-refractivity contribution in [1.82, 2.24) is 0 Å². The van der Waals surface area contributed by atoms with E-state index in [1.165, 1.54) is 42.5 Å². The topological polar surface area (TPSA) is 12.4 Å². The Morgan fingerprint density at radius 2 is 1.80 bits per heavy atom. The highest BCUT2D eigenvalue weighted by Gasteiger charge is 2.12. The predicted octanol–water partition coefficient (Wildman–Crippen LogP) is 4.07. The van der Waals surface area contributed by atoms with Crippen LogP contribution in [-0.2, 0) is 0 Å². The first-order valence-electron chi connectivity index (χ1n) is 5.85. The Morgan fingerprint density at radius 1 is 1.07 bits per heavy atom. The zero-order valence-electron chi connectivity index (χ0n) is 9.66. The zero-order chi connectivity index (χ0) is 10.7. The molecule has 0 aliphatic carbocycles. The van der Waals surface area contributed by atoms with Crippen LogP contribution < -0.4 is 0 Å². The molecule has 0 aromatic heterocycles. The van der Waals surface area contributed by atoms with Gasteiger partial charge in [-0.1, -0.05) is 36.2 Å². The van der Waals surface area contributed by atoms with Gasteiger partial charge in [0, 0.05) is 5.71 Å². The predicted molar refractivity (Wildman–Crippen MR) is 65.5 cm³/mol. The fourth-order valence-corrected chi connectivity index (χ4v) is 2.14. The number of benzene rings is 1. The molecule has 1 unspecified atom stereocenters. The summed E-state index contributed by atoms with van der Waals surface area (Å²) in [5.41, 5.74) is 4.02. The molecule has 0 saturated heterocycles. The van der Waals surface area contributed by atoms with E-state index in [2.05, 4.69) is 38.1 Å². The maximum absolute atomic E-state index is 4.79. The second kappa shape index (κ2) is 4.61. The van der Waals surface area contributed by atoms with E-state index in [0.717, 1.165) is 0 Å². The Hall–Kier alpha value is -1.11. The van der Waals surface area contributed by atoms with Gasteiger partial charge in [-0.3, -0.25) is 4.99 Å². The van der Waals surface area contributed by atoms with Crippen molar-refractivity contribution >= 4 is 5.71 Å². The summed E-state index contributed by atoms with van der Waals surface area (Å²) in [5.74, 6) is 0. The molecule has 0 spiro atoms. The van der Waals surface area contributed by atoms with Crippen LogP contribution in [0.4, 0.5) is 0 Å². The Kier molecular flexibility index (Phi) is 3.20. The normalized spacial score (nSPS) is 22.0. The van der Waals surface area contributed by atoms with Crippen molar-refractivity contribution in [2.75, 3.05) is 0 Å². The maximum Gasteiger partial charge on any atom is 0.0748 e. The van der Waals surface area contributed by atoms with Crippen LogP contribution in [0, 0.1) is 6.92 Å². The average Bonchev–Trinajstić information content (AvgIpc) is 2.44. The van der Waals surface area contributed by atoms with Gasteiger partial charge in [-0.05, 0) is 38.7 Å². The van der Waals surface area contributed by atoms with Crippen LogP contribution in [0.15, 0.2) is 29.3 Å².